The monoisotopic (exact) mass is 316 g/mol. The summed E-state index contributed by atoms with van der Waals surface area (Å²) in [6.07, 6.45) is 1.66. The first-order valence-corrected chi connectivity index (χ1v) is 8.51. The van der Waals surface area contributed by atoms with Gasteiger partial charge >= 0.3 is 0 Å². The van der Waals surface area contributed by atoms with E-state index in [0.29, 0.717) is 32.0 Å². The fraction of sp³-hybridized carbons (Fsp3) is 0.571. The second-order valence-electron chi connectivity index (χ2n) is 5.21. The maximum absolute atomic E-state index is 13.8. The van der Waals surface area contributed by atoms with E-state index < -0.39 is 15.8 Å². The van der Waals surface area contributed by atoms with Crippen LogP contribution in [0.1, 0.15) is 18.4 Å². The van der Waals surface area contributed by atoms with Crippen LogP contribution in [0.5, 0.6) is 0 Å². The van der Waals surface area contributed by atoms with E-state index in [4.69, 9.17) is 4.74 Å². The van der Waals surface area contributed by atoms with E-state index in [9.17, 15) is 12.8 Å². The molecule has 21 heavy (non-hydrogen) atoms. The smallest absolute Gasteiger partial charge is 0.243 e. The standard InChI is InChI=1S/C14H21FN2O3S/c1-16-9-12-2-3-13(15)14(8-12)21(18,19)17-6-4-11-5-7-20-10-11/h2-3,8,11,16-17H,4-7,9-10H2,1H3. The normalized spacial score (nSPS) is 19.0. The molecule has 2 rings (SSSR count). The van der Waals surface area contributed by atoms with Crippen molar-refractivity contribution in [3.63, 3.8) is 0 Å². The summed E-state index contributed by atoms with van der Waals surface area (Å²) in [6, 6.07) is 4.12. The van der Waals surface area contributed by atoms with Gasteiger partial charge < -0.3 is 10.1 Å². The molecule has 1 saturated heterocycles. The number of halogens is 1. The van der Waals surface area contributed by atoms with Crippen LogP contribution in [0.3, 0.4) is 0 Å². The molecular weight excluding hydrogens is 295 g/mol. The van der Waals surface area contributed by atoms with Gasteiger partial charge in [-0.3, -0.25) is 0 Å². The number of nitrogens with one attached hydrogen (secondary N) is 2. The Kier molecular flexibility index (Phi) is 5.69. The van der Waals surface area contributed by atoms with Crippen molar-refractivity contribution in [1.82, 2.24) is 10.0 Å². The van der Waals surface area contributed by atoms with Gasteiger partial charge in [0.15, 0.2) is 0 Å². The van der Waals surface area contributed by atoms with Crippen LogP contribution in [0.4, 0.5) is 4.39 Å². The summed E-state index contributed by atoms with van der Waals surface area (Å²) >= 11 is 0. The molecule has 2 N–H and O–H groups in total. The molecule has 0 radical (unpaired) electrons. The van der Waals surface area contributed by atoms with Crippen molar-refractivity contribution in [1.29, 1.82) is 0 Å². The van der Waals surface area contributed by atoms with Gasteiger partial charge in [0.05, 0.1) is 0 Å². The molecule has 0 amide bonds. The highest BCUT2D eigenvalue weighted by Crippen LogP contribution is 2.18. The molecule has 0 aliphatic carbocycles. The van der Waals surface area contributed by atoms with Gasteiger partial charge in [0.1, 0.15) is 10.7 Å². The third kappa shape index (κ3) is 4.47. The molecule has 1 unspecified atom stereocenters. The Labute approximate surface area is 124 Å². The lowest BCUT2D eigenvalue weighted by Crippen LogP contribution is -2.27. The molecule has 1 atom stereocenters. The zero-order valence-corrected chi connectivity index (χ0v) is 12.9. The minimum Gasteiger partial charge on any atom is -0.381 e. The van der Waals surface area contributed by atoms with Crippen molar-refractivity contribution in [2.75, 3.05) is 26.8 Å². The van der Waals surface area contributed by atoms with Crippen LogP contribution in [0.2, 0.25) is 0 Å². The molecule has 0 saturated carbocycles. The predicted molar refractivity (Wildman–Crippen MR) is 77.9 cm³/mol. The van der Waals surface area contributed by atoms with E-state index in [1.165, 1.54) is 12.1 Å². The lowest BCUT2D eigenvalue weighted by molar-refractivity contribution is 0.184. The van der Waals surface area contributed by atoms with Gasteiger partial charge in [0, 0.05) is 26.3 Å². The molecule has 0 spiro atoms. The molecule has 1 aromatic rings. The average Bonchev–Trinajstić information content (AvgIpc) is 2.94. The highest BCUT2D eigenvalue weighted by Gasteiger charge is 2.21. The second-order valence-corrected chi connectivity index (χ2v) is 6.95. The fourth-order valence-electron chi connectivity index (χ4n) is 2.35. The van der Waals surface area contributed by atoms with Crippen LogP contribution in [0.15, 0.2) is 23.1 Å². The molecule has 1 aliphatic rings. The third-order valence-corrected chi connectivity index (χ3v) is 5.01. The molecule has 0 aromatic heterocycles. The van der Waals surface area contributed by atoms with Crippen molar-refractivity contribution in [3.8, 4) is 0 Å². The Balaban J connectivity index is 2.02. The Morgan fingerprint density at radius 3 is 2.90 bits per heavy atom. The van der Waals surface area contributed by atoms with E-state index in [1.54, 1.807) is 13.1 Å². The first kappa shape index (κ1) is 16.4. The second kappa shape index (κ2) is 7.31. The number of ether oxygens (including phenoxy) is 1. The van der Waals surface area contributed by atoms with Crippen molar-refractivity contribution in [3.05, 3.63) is 29.6 Å². The third-order valence-electron chi connectivity index (χ3n) is 3.53. The highest BCUT2D eigenvalue weighted by molar-refractivity contribution is 7.89. The zero-order chi connectivity index (χ0) is 15.3. The largest absolute Gasteiger partial charge is 0.381 e. The van der Waals surface area contributed by atoms with Crippen LogP contribution in [0, 0.1) is 11.7 Å². The molecule has 118 valence electrons. The summed E-state index contributed by atoms with van der Waals surface area (Å²) in [4.78, 5) is -0.294. The topological polar surface area (TPSA) is 67.4 Å². The van der Waals surface area contributed by atoms with E-state index in [0.717, 1.165) is 18.6 Å². The summed E-state index contributed by atoms with van der Waals surface area (Å²) < 4.78 is 45.8. The van der Waals surface area contributed by atoms with Gasteiger partial charge in [-0.1, -0.05) is 6.07 Å². The maximum Gasteiger partial charge on any atom is 0.243 e. The van der Waals surface area contributed by atoms with E-state index in [-0.39, 0.29) is 4.90 Å². The molecule has 1 aliphatic heterocycles. The molecule has 1 fully saturated rings. The summed E-state index contributed by atoms with van der Waals surface area (Å²) in [5, 5.41) is 2.91. The first-order valence-electron chi connectivity index (χ1n) is 7.03. The molecule has 5 nitrogen and oxygen atoms in total. The number of benzene rings is 1. The van der Waals surface area contributed by atoms with Gasteiger partial charge in [0.25, 0.3) is 0 Å². The van der Waals surface area contributed by atoms with Crippen molar-refractivity contribution < 1.29 is 17.5 Å². The lowest BCUT2D eigenvalue weighted by atomic mass is 10.1. The predicted octanol–water partition coefficient (Wildman–Crippen LogP) is 1.25. The quantitative estimate of drug-likeness (QED) is 0.794. The van der Waals surface area contributed by atoms with E-state index in [1.807, 2.05) is 0 Å². The van der Waals surface area contributed by atoms with Gasteiger partial charge in [-0.25, -0.2) is 17.5 Å². The Hall–Kier alpha value is -1.02. The van der Waals surface area contributed by atoms with Gasteiger partial charge in [-0.15, -0.1) is 0 Å². The van der Waals surface area contributed by atoms with Crippen LogP contribution in [0.25, 0.3) is 0 Å². The number of rotatable bonds is 7. The fourth-order valence-corrected chi connectivity index (χ4v) is 3.53. The molecule has 7 heteroatoms. The summed E-state index contributed by atoms with van der Waals surface area (Å²) in [5.74, 6) is -0.347. The summed E-state index contributed by atoms with van der Waals surface area (Å²) in [7, 11) is -2.07. The van der Waals surface area contributed by atoms with Crippen molar-refractivity contribution >= 4 is 10.0 Å². The van der Waals surface area contributed by atoms with Crippen LogP contribution in [-0.2, 0) is 21.3 Å². The summed E-state index contributed by atoms with van der Waals surface area (Å²) in [5.41, 5.74) is 0.725. The molecule has 0 bridgehead atoms. The van der Waals surface area contributed by atoms with Crippen molar-refractivity contribution in [2.24, 2.45) is 5.92 Å². The Morgan fingerprint density at radius 2 is 2.24 bits per heavy atom. The zero-order valence-electron chi connectivity index (χ0n) is 12.1. The average molecular weight is 316 g/mol. The van der Waals surface area contributed by atoms with Gasteiger partial charge in [-0.05, 0) is 43.5 Å². The minimum atomic E-state index is -3.82. The molecule has 1 aromatic carbocycles. The summed E-state index contributed by atoms with van der Waals surface area (Å²) in [6.45, 7) is 2.19. The van der Waals surface area contributed by atoms with Crippen LogP contribution in [-0.4, -0.2) is 35.2 Å². The molecular formula is C14H21FN2O3S. The number of sulfonamides is 1. The maximum atomic E-state index is 13.8. The van der Waals surface area contributed by atoms with Crippen molar-refractivity contribution in [2.45, 2.75) is 24.3 Å². The molecule has 1 heterocycles. The Bertz CT molecular complexity index is 572. The van der Waals surface area contributed by atoms with Gasteiger partial charge in [0.2, 0.25) is 10.0 Å². The lowest BCUT2D eigenvalue weighted by Gasteiger charge is -2.11. The minimum absolute atomic E-state index is 0.294. The number of hydrogen-bond acceptors (Lipinski definition) is 4. The van der Waals surface area contributed by atoms with E-state index >= 15 is 0 Å². The van der Waals surface area contributed by atoms with Crippen LogP contribution < -0.4 is 10.0 Å². The van der Waals surface area contributed by atoms with Gasteiger partial charge in [-0.2, -0.15) is 0 Å². The van der Waals surface area contributed by atoms with Crippen LogP contribution >= 0.6 is 0 Å². The first-order chi connectivity index (χ1) is 10.0. The van der Waals surface area contributed by atoms with E-state index in [2.05, 4.69) is 10.0 Å². The SMILES string of the molecule is CNCc1ccc(F)c(S(=O)(=O)NCCC2CCOC2)c1. The number of hydrogen-bond donors (Lipinski definition) is 2. The Morgan fingerprint density at radius 1 is 1.43 bits per heavy atom. The highest BCUT2D eigenvalue weighted by atomic mass is 32.2.